The van der Waals surface area contributed by atoms with Crippen LogP contribution in [0, 0.1) is 5.41 Å². The zero-order valence-corrected chi connectivity index (χ0v) is 11.2. The number of rotatable bonds is 4. The molecule has 100 valence electrons. The van der Waals surface area contributed by atoms with Crippen molar-refractivity contribution in [1.82, 2.24) is 8.61 Å². The summed E-state index contributed by atoms with van der Waals surface area (Å²) < 4.78 is 32.2. The molecule has 0 amide bonds. The van der Waals surface area contributed by atoms with E-state index < -0.39 is 16.3 Å². The lowest BCUT2D eigenvalue weighted by molar-refractivity contribution is 0.0345. The molecule has 0 saturated carbocycles. The van der Waals surface area contributed by atoms with Gasteiger partial charge in [-0.05, 0) is 13.8 Å². The van der Waals surface area contributed by atoms with Crippen LogP contribution in [0.3, 0.4) is 0 Å². The lowest BCUT2D eigenvalue weighted by Crippen LogP contribution is -2.54. The summed E-state index contributed by atoms with van der Waals surface area (Å²) >= 11 is 0. The zero-order chi connectivity index (χ0) is 13.2. The molecule has 8 heteroatoms. The Kier molecular flexibility index (Phi) is 4.48. The molecular formula is C9H20N4O3S. The van der Waals surface area contributed by atoms with Gasteiger partial charge >= 0.3 is 0 Å². The number of nitrogens with zero attached hydrogens (tertiary/aromatic N) is 2. The maximum Gasteiger partial charge on any atom is 0.282 e. The van der Waals surface area contributed by atoms with Crippen LogP contribution in [0.15, 0.2) is 0 Å². The molecule has 0 aromatic heterocycles. The van der Waals surface area contributed by atoms with Gasteiger partial charge in [0.25, 0.3) is 10.2 Å². The predicted octanol–water partition coefficient (Wildman–Crippen LogP) is -0.792. The van der Waals surface area contributed by atoms with Crippen LogP contribution < -0.4 is 5.73 Å². The van der Waals surface area contributed by atoms with E-state index in [4.69, 9.17) is 15.9 Å². The minimum atomic E-state index is -3.49. The highest BCUT2D eigenvalue weighted by molar-refractivity contribution is 7.86. The van der Waals surface area contributed by atoms with Gasteiger partial charge in [0, 0.05) is 26.2 Å². The van der Waals surface area contributed by atoms with Crippen molar-refractivity contribution in [2.75, 3.05) is 26.7 Å². The van der Waals surface area contributed by atoms with Crippen LogP contribution in [0.25, 0.3) is 0 Å². The Morgan fingerprint density at radius 3 is 2.65 bits per heavy atom. The van der Waals surface area contributed by atoms with Crippen LogP contribution >= 0.6 is 0 Å². The molecule has 0 aromatic rings. The minimum Gasteiger partial charge on any atom is -0.385 e. The maximum atomic E-state index is 12.2. The normalized spacial score (nSPS) is 23.2. The molecule has 1 unspecified atom stereocenters. The Bertz CT molecular complexity index is 382. The molecule has 1 atom stereocenters. The van der Waals surface area contributed by atoms with Gasteiger partial charge in [-0.1, -0.05) is 0 Å². The third-order valence-electron chi connectivity index (χ3n) is 2.79. The Labute approximate surface area is 102 Å². The number of nitrogens with one attached hydrogen (secondary N) is 1. The number of hydrogen-bond acceptors (Lipinski definition) is 4. The average molecular weight is 264 g/mol. The SMILES string of the molecule is CC(C)N(C)S(=O)(=O)N1CCOC(C(=N)N)C1. The van der Waals surface area contributed by atoms with Crippen molar-refractivity contribution in [1.29, 1.82) is 5.41 Å². The molecule has 1 saturated heterocycles. The molecule has 0 aromatic carbocycles. The molecule has 1 heterocycles. The van der Waals surface area contributed by atoms with E-state index in [1.165, 1.54) is 15.7 Å². The fraction of sp³-hybridized carbons (Fsp3) is 0.889. The van der Waals surface area contributed by atoms with Crippen molar-refractivity contribution in [3.8, 4) is 0 Å². The van der Waals surface area contributed by atoms with Crippen molar-refractivity contribution in [2.45, 2.75) is 26.0 Å². The summed E-state index contributed by atoms with van der Waals surface area (Å²) in [7, 11) is -1.95. The lowest BCUT2D eigenvalue weighted by Gasteiger charge is -2.35. The molecule has 1 fully saturated rings. The molecular weight excluding hydrogens is 244 g/mol. The quantitative estimate of drug-likeness (QED) is 0.513. The highest BCUT2D eigenvalue weighted by Crippen LogP contribution is 2.14. The summed E-state index contributed by atoms with van der Waals surface area (Å²) in [4.78, 5) is 0. The summed E-state index contributed by atoms with van der Waals surface area (Å²) in [6.45, 7) is 4.27. The van der Waals surface area contributed by atoms with Crippen LogP contribution in [-0.2, 0) is 14.9 Å². The Morgan fingerprint density at radius 1 is 1.59 bits per heavy atom. The van der Waals surface area contributed by atoms with Crippen molar-refractivity contribution >= 4 is 16.0 Å². The molecule has 0 bridgehead atoms. The largest absolute Gasteiger partial charge is 0.385 e. The first-order chi connectivity index (χ1) is 7.76. The van der Waals surface area contributed by atoms with Gasteiger partial charge in [-0.3, -0.25) is 5.41 Å². The fourth-order valence-corrected chi connectivity index (χ4v) is 3.00. The van der Waals surface area contributed by atoms with Gasteiger partial charge in [-0.2, -0.15) is 17.0 Å². The van der Waals surface area contributed by atoms with Gasteiger partial charge in [-0.25, -0.2) is 0 Å². The molecule has 0 radical (unpaired) electrons. The third kappa shape index (κ3) is 3.15. The second kappa shape index (κ2) is 5.30. The van der Waals surface area contributed by atoms with Crippen LogP contribution in [0.5, 0.6) is 0 Å². The summed E-state index contributed by atoms with van der Waals surface area (Å²) in [6.07, 6.45) is -0.640. The Hall–Kier alpha value is -0.700. The lowest BCUT2D eigenvalue weighted by atomic mass is 10.3. The Balaban J connectivity index is 2.82. The first-order valence-corrected chi connectivity index (χ1v) is 6.85. The number of morpholine rings is 1. The molecule has 7 nitrogen and oxygen atoms in total. The third-order valence-corrected chi connectivity index (χ3v) is 4.93. The summed E-state index contributed by atoms with van der Waals surface area (Å²) in [5, 5.41) is 7.29. The van der Waals surface area contributed by atoms with E-state index in [9.17, 15) is 8.42 Å². The second-order valence-electron chi connectivity index (χ2n) is 4.29. The van der Waals surface area contributed by atoms with Crippen LogP contribution in [0.2, 0.25) is 0 Å². The number of amidine groups is 1. The zero-order valence-electron chi connectivity index (χ0n) is 10.4. The van der Waals surface area contributed by atoms with Crippen molar-refractivity contribution in [3.63, 3.8) is 0 Å². The van der Waals surface area contributed by atoms with Gasteiger partial charge in [0.15, 0.2) is 0 Å². The second-order valence-corrected chi connectivity index (χ2v) is 6.28. The molecule has 1 aliphatic rings. The molecule has 17 heavy (non-hydrogen) atoms. The monoisotopic (exact) mass is 264 g/mol. The van der Waals surface area contributed by atoms with Crippen molar-refractivity contribution < 1.29 is 13.2 Å². The maximum absolute atomic E-state index is 12.2. The standard InChI is InChI=1S/C9H20N4O3S/c1-7(2)12(3)17(14,15)13-4-5-16-8(6-13)9(10)11/h7-8H,4-6H2,1-3H3,(H3,10,11). The van der Waals surface area contributed by atoms with Crippen LogP contribution in [-0.4, -0.2) is 61.8 Å². The molecule has 1 rings (SSSR count). The summed E-state index contributed by atoms with van der Waals surface area (Å²) in [5.74, 6) is -0.142. The van der Waals surface area contributed by atoms with E-state index in [0.29, 0.717) is 6.54 Å². The van der Waals surface area contributed by atoms with Gasteiger partial charge in [-0.15, -0.1) is 0 Å². The number of hydrogen-bond donors (Lipinski definition) is 2. The summed E-state index contributed by atoms with van der Waals surface area (Å²) in [6, 6.07) is -0.112. The first kappa shape index (κ1) is 14.4. The number of ether oxygens (including phenoxy) is 1. The van der Waals surface area contributed by atoms with E-state index in [0.717, 1.165) is 0 Å². The average Bonchev–Trinajstić information content (AvgIpc) is 2.28. The Morgan fingerprint density at radius 2 is 2.18 bits per heavy atom. The predicted molar refractivity (Wildman–Crippen MR) is 65.0 cm³/mol. The highest BCUT2D eigenvalue weighted by atomic mass is 32.2. The smallest absolute Gasteiger partial charge is 0.282 e. The fourth-order valence-electron chi connectivity index (χ4n) is 1.47. The minimum absolute atomic E-state index is 0.106. The van der Waals surface area contributed by atoms with Crippen molar-refractivity contribution in [3.05, 3.63) is 0 Å². The van der Waals surface area contributed by atoms with E-state index in [2.05, 4.69) is 0 Å². The molecule has 0 aliphatic carbocycles. The van der Waals surface area contributed by atoms with Gasteiger partial charge < -0.3 is 10.5 Å². The van der Waals surface area contributed by atoms with Crippen LogP contribution in [0.4, 0.5) is 0 Å². The van der Waals surface area contributed by atoms with Gasteiger partial charge in [0.05, 0.1) is 6.61 Å². The van der Waals surface area contributed by atoms with Crippen molar-refractivity contribution in [2.24, 2.45) is 5.73 Å². The molecule has 0 spiro atoms. The van der Waals surface area contributed by atoms with E-state index >= 15 is 0 Å². The van der Waals surface area contributed by atoms with E-state index in [1.54, 1.807) is 13.8 Å². The first-order valence-electron chi connectivity index (χ1n) is 5.45. The molecule has 1 aliphatic heterocycles. The number of nitrogens with two attached hydrogens (primary N) is 1. The molecule has 3 N–H and O–H groups in total. The van der Waals surface area contributed by atoms with E-state index in [-0.39, 0.29) is 25.0 Å². The highest BCUT2D eigenvalue weighted by Gasteiger charge is 2.34. The van der Waals surface area contributed by atoms with Gasteiger partial charge in [0.1, 0.15) is 11.9 Å². The van der Waals surface area contributed by atoms with Gasteiger partial charge in [0.2, 0.25) is 0 Å². The van der Waals surface area contributed by atoms with E-state index in [1.807, 2.05) is 0 Å². The topological polar surface area (TPSA) is 99.7 Å². The summed E-state index contributed by atoms with van der Waals surface area (Å²) in [5.41, 5.74) is 5.33. The van der Waals surface area contributed by atoms with Crippen LogP contribution in [0.1, 0.15) is 13.8 Å².